The third-order valence-corrected chi connectivity index (χ3v) is 5.77. The highest BCUT2D eigenvalue weighted by molar-refractivity contribution is 6.33. The first-order valence-electron chi connectivity index (χ1n) is 11.5. The van der Waals surface area contributed by atoms with Crippen molar-refractivity contribution in [1.29, 1.82) is 0 Å². The van der Waals surface area contributed by atoms with E-state index in [1.807, 2.05) is 18.7 Å². The SMILES string of the molecule is CCN(CC)CCN(OC(=O)C(F)(F)F)C(=O)c1ccc(Cl)c(Nc2cncc(-c3ccc(O)cc3)n2)c1. The lowest BCUT2D eigenvalue weighted by Gasteiger charge is -2.25. The van der Waals surface area contributed by atoms with Crippen LogP contribution in [0.1, 0.15) is 24.2 Å². The number of hydroxylamine groups is 2. The fraction of sp³-hybridized carbons (Fsp3) is 0.280. The number of phenols is 1. The molecule has 9 nitrogen and oxygen atoms in total. The summed E-state index contributed by atoms with van der Waals surface area (Å²) < 4.78 is 38.6. The van der Waals surface area contributed by atoms with E-state index in [-0.39, 0.29) is 40.9 Å². The minimum atomic E-state index is -5.28. The molecule has 38 heavy (non-hydrogen) atoms. The van der Waals surface area contributed by atoms with Gasteiger partial charge in [-0.3, -0.25) is 9.78 Å². The number of carbonyl (C=O) groups is 2. The number of alkyl halides is 3. The average molecular weight is 552 g/mol. The Kier molecular flexibility index (Phi) is 9.48. The van der Waals surface area contributed by atoms with Crippen LogP contribution in [0.25, 0.3) is 11.3 Å². The molecule has 2 aromatic carbocycles. The van der Waals surface area contributed by atoms with Crippen LogP contribution in [0.2, 0.25) is 5.02 Å². The van der Waals surface area contributed by atoms with Crippen LogP contribution in [0, 0.1) is 0 Å². The first-order valence-corrected chi connectivity index (χ1v) is 11.9. The summed E-state index contributed by atoms with van der Waals surface area (Å²) in [6, 6.07) is 10.3. The largest absolute Gasteiger partial charge is 0.508 e. The molecule has 0 bridgehead atoms. The van der Waals surface area contributed by atoms with Gasteiger partial charge in [-0.2, -0.15) is 18.2 Å². The first-order chi connectivity index (χ1) is 18.0. The Morgan fingerprint density at radius 3 is 2.37 bits per heavy atom. The molecule has 1 aromatic heterocycles. The van der Waals surface area contributed by atoms with Gasteiger partial charge in [0.15, 0.2) is 0 Å². The summed E-state index contributed by atoms with van der Waals surface area (Å²) in [6.45, 7) is 4.79. The van der Waals surface area contributed by atoms with E-state index in [1.165, 1.54) is 42.7 Å². The van der Waals surface area contributed by atoms with Crippen LogP contribution in [0.15, 0.2) is 54.9 Å². The number of halogens is 4. The molecule has 202 valence electrons. The highest BCUT2D eigenvalue weighted by Gasteiger charge is 2.43. The summed E-state index contributed by atoms with van der Waals surface area (Å²) in [7, 11) is 0. The molecule has 1 heterocycles. The number of hydrogen-bond acceptors (Lipinski definition) is 8. The number of phenolic OH excluding ortho intramolecular Hbond substituents is 1. The zero-order valence-corrected chi connectivity index (χ0v) is 21.3. The maximum Gasteiger partial charge on any atom is 0.493 e. The summed E-state index contributed by atoms with van der Waals surface area (Å²) in [5, 5.41) is 13.0. The van der Waals surface area contributed by atoms with Crippen LogP contribution in [-0.2, 0) is 9.63 Å². The van der Waals surface area contributed by atoms with Gasteiger partial charge in [0.2, 0.25) is 0 Å². The van der Waals surface area contributed by atoms with Crippen molar-refractivity contribution >= 4 is 35.0 Å². The first kappa shape index (κ1) is 28.7. The van der Waals surface area contributed by atoms with Gasteiger partial charge in [0, 0.05) is 17.7 Å². The summed E-state index contributed by atoms with van der Waals surface area (Å²) in [4.78, 5) is 39.5. The van der Waals surface area contributed by atoms with Gasteiger partial charge < -0.3 is 20.2 Å². The van der Waals surface area contributed by atoms with E-state index in [1.54, 1.807) is 12.1 Å². The molecular formula is C25H25ClF3N5O4. The minimum absolute atomic E-state index is 0.0749. The molecule has 0 unspecified atom stereocenters. The van der Waals surface area contributed by atoms with Gasteiger partial charge in [0.05, 0.1) is 35.3 Å². The number of rotatable bonds is 9. The van der Waals surface area contributed by atoms with Crippen LogP contribution in [-0.4, -0.2) is 69.3 Å². The zero-order chi connectivity index (χ0) is 27.9. The van der Waals surface area contributed by atoms with Crippen LogP contribution >= 0.6 is 11.6 Å². The molecule has 0 saturated heterocycles. The van der Waals surface area contributed by atoms with E-state index < -0.39 is 18.1 Å². The summed E-state index contributed by atoms with van der Waals surface area (Å²) in [5.74, 6) is -3.10. The van der Waals surface area contributed by atoms with E-state index in [9.17, 15) is 27.9 Å². The number of hydrogen-bond donors (Lipinski definition) is 2. The van der Waals surface area contributed by atoms with E-state index in [2.05, 4.69) is 20.1 Å². The lowest BCUT2D eigenvalue weighted by molar-refractivity contribution is -0.228. The number of carbonyl (C=O) groups excluding carboxylic acids is 2. The van der Waals surface area contributed by atoms with E-state index in [4.69, 9.17) is 11.6 Å². The van der Waals surface area contributed by atoms with Crippen molar-refractivity contribution in [3.05, 3.63) is 65.4 Å². The highest BCUT2D eigenvalue weighted by atomic mass is 35.5. The van der Waals surface area contributed by atoms with Crippen molar-refractivity contribution in [2.45, 2.75) is 20.0 Å². The molecule has 0 aliphatic heterocycles. The van der Waals surface area contributed by atoms with Crippen LogP contribution in [0.5, 0.6) is 5.75 Å². The molecule has 1 amide bonds. The van der Waals surface area contributed by atoms with Crippen molar-refractivity contribution in [3.8, 4) is 17.0 Å². The Labute approximate surface area is 221 Å². The van der Waals surface area contributed by atoms with E-state index in [0.717, 1.165) is 0 Å². The average Bonchev–Trinajstić information content (AvgIpc) is 2.89. The molecule has 13 heteroatoms. The van der Waals surface area contributed by atoms with E-state index in [0.29, 0.717) is 29.4 Å². The number of nitrogens with one attached hydrogen (secondary N) is 1. The molecule has 0 aliphatic carbocycles. The van der Waals surface area contributed by atoms with Crippen molar-refractivity contribution in [3.63, 3.8) is 0 Å². The van der Waals surface area contributed by atoms with Crippen molar-refractivity contribution in [1.82, 2.24) is 19.9 Å². The lowest BCUT2D eigenvalue weighted by atomic mass is 10.1. The van der Waals surface area contributed by atoms with Crippen LogP contribution < -0.4 is 5.32 Å². The number of anilines is 2. The topological polar surface area (TPSA) is 108 Å². The van der Waals surface area contributed by atoms with Gasteiger partial charge in [-0.1, -0.05) is 25.4 Å². The quantitative estimate of drug-likeness (QED) is 0.356. The molecule has 3 rings (SSSR count). The zero-order valence-electron chi connectivity index (χ0n) is 20.5. The Morgan fingerprint density at radius 2 is 1.74 bits per heavy atom. The van der Waals surface area contributed by atoms with Crippen LogP contribution in [0.3, 0.4) is 0 Å². The van der Waals surface area contributed by atoms with Crippen molar-refractivity contribution in [2.24, 2.45) is 0 Å². The van der Waals surface area contributed by atoms with Gasteiger partial charge in [-0.15, -0.1) is 0 Å². The number of likely N-dealkylation sites (N-methyl/N-ethyl adjacent to an activating group) is 1. The summed E-state index contributed by atoms with van der Waals surface area (Å²) in [5.41, 5.74) is 1.32. The normalized spacial score (nSPS) is 11.3. The van der Waals surface area contributed by atoms with Gasteiger partial charge >= 0.3 is 12.1 Å². The predicted octanol–water partition coefficient (Wildman–Crippen LogP) is 5.05. The second-order valence-corrected chi connectivity index (χ2v) is 8.37. The standard InChI is InChI=1S/C25H25ClF3N5O4/c1-3-33(4-2)11-12-34(38-24(37)25(27,28)29)23(36)17-7-10-19(26)20(13-17)31-22-15-30-14-21(32-22)16-5-8-18(35)9-6-16/h5-10,13-15,35H,3-4,11-12H2,1-2H3,(H,31,32). The molecule has 0 aliphatic rings. The molecule has 0 saturated carbocycles. The fourth-order valence-corrected chi connectivity index (χ4v) is 3.51. The number of aromatic hydroxyl groups is 1. The molecule has 3 aromatic rings. The number of aromatic nitrogens is 2. The predicted molar refractivity (Wildman–Crippen MR) is 135 cm³/mol. The fourth-order valence-electron chi connectivity index (χ4n) is 3.35. The number of amides is 1. The smallest absolute Gasteiger partial charge is 0.493 e. The molecule has 2 N–H and O–H groups in total. The number of nitrogens with zero attached hydrogens (tertiary/aromatic N) is 4. The number of benzene rings is 2. The Morgan fingerprint density at radius 1 is 1.05 bits per heavy atom. The maximum absolute atomic E-state index is 13.1. The van der Waals surface area contributed by atoms with Crippen molar-refractivity contribution in [2.75, 3.05) is 31.5 Å². The Bertz CT molecular complexity index is 1270. The third kappa shape index (κ3) is 7.56. The summed E-state index contributed by atoms with van der Waals surface area (Å²) in [6.07, 6.45) is -2.35. The van der Waals surface area contributed by atoms with Gasteiger partial charge in [-0.25, -0.2) is 9.78 Å². The molecule has 0 spiro atoms. The van der Waals surface area contributed by atoms with Crippen molar-refractivity contribution < 1.29 is 32.7 Å². The Balaban J connectivity index is 1.85. The van der Waals surface area contributed by atoms with Gasteiger partial charge in [0.25, 0.3) is 5.91 Å². The second kappa shape index (κ2) is 12.6. The third-order valence-electron chi connectivity index (χ3n) is 5.44. The molecular weight excluding hydrogens is 527 g/mol. The highest BCUT2D eigenvalue weighted by Crippen LogP contribution is 2.28. The van der Waals surface area contributed by atoms with E-state index >= 15 is 0 Å². The van der Waals surface area contributed by atoms with Gasteiger partial charge in [0.1, 0.15) is 11.6 Å². The molecule has 0 radical (unpaired) electrons. The second-order valence-electron chi connectivity index (χ2n) is 7.97. The van der Waals surface area contributed by atoms with Crippen LogP contribution in [0.4, 0.5) is 24.7 Å². The molecule has 0 atom stereocenters. The minimum Gasteiger partial charge on any atom is -0.508 e. The summed E-state index contributed by atoms with van der Waals surface area (Å²) >= 11 is 6.28. The van der Waals surface area contributed by atoms with Gasteiger partial charge in [-0.05, 0) is 55.6 Å². The maximum atomic E-state index is 13.1. The Hall–Kier alpha value is -3.90. The lowest BCUT2D eigenvalue weighted by Crippen LogP contribution is -2.42. The molecule has 0 fully saturated rings. The monoisotopic (exact) mass is 551 g/mol.